The Bertz CT molecular complexity index is 888. The lowest BCUT2D eigenvalue weighted by molar-refractivity contribution is -0.117. The maximum Gasteiger partial charge on any atom is 0.259 e. The highest BCUT2D eigenvalue weighted by Crippen LogP contribution is 2.23. The van der Waals surface area contributed by atoms with Gasteiger partial charge in [-0.25, -0.2) is 0 Å². The Morgan fingerprint density at radius 2 is 1.71 bits per heavy atom. The Balaban J connectivity index is 2.19. The number of benzene rings is 1. The van der Waals surface area contributed by atoms with Gasteiger partial charge in [0.05, 0.1) is 5.69 Å². The molecule has 0 radical (unpaired) electrons. The number of nitrogens with zero attached hydrogens (tertiary/aromatic N) is 2. The predicted octanol–water partition coefficient (Wildman–Crippen LogP) is 4.29. The molecule has 2 rings (SSSR count). The highest BCUT2D eigenvalue weighted by molar-refractivity contribution is 5.96. The first-order valence-electron chi connectivity index (χ1n) is 10.6. The van der Waals surface area contributed by atoms with E-state index in [0.29, 0.717) is 43.1 Å². The van der Waals surface area contributed by atoms with Crippen LogP contribution in [0.2, 0.25) is 0 Å². The van der Waals surface area contributed by atoms with Gasteiger partial charge in [0.15, 0.2) is 0 Å². The number of hydrogen-bond donors (Lipinski definition) is 2. The lowest BCUT2D eigenvalue weighted by atomic mass is 9.92. The fourth-order valence-corrected chi connectivity index (χ4v) is 3.33. The summed E-state index contributed by atoms with van der Waals surface area (Å²) in [6, 6.07) is 7.58. The number of carbonyl (C=O) groups excluding carboxylic acids is 2. The zero-order valence-electron chi connectivity index (χ0n) is 19.8. The molecule has 31 heavy (non-hydrogen) atoms. The minimum absolute atomic E-state index is 0.0137. The largest absolute Gasteiger partial charge is 0.361 e. The third-order valence-electron chi connectivity index (χ3n) is 5.01. The zero-order chi connectivity index (χ0) is 23.4. The monoisotopic (exact) mass is 428 g/mol. The van der Waals surface area contributed by atoms with Gasteiger partial charge in [0.25, 0.3) is 5.91 Å². The summed E-state index contributed by atoms with van der Waals surface area (Å²) in [5.41, 5.74) is 8.39. The van der Waals surface area contributed by atoms with Gasteiger partial charge in [0, 0.05) is 25.2 Å². The number of carbonyl (C=O) groups is 2. The van der Waals surface area contributed by atoms with Gasteiger partial charge in [0.1, 0.15) is 11.3 Å². The third kappa shape index (κ3) is 7.21. The van der Waals surface area contributed by atoms with Gasteiger partial charge >= 0.3 is 0 Å². The zero-order valence-corrected chi connectivity index (χ0v) is 19.8. The molecule has 0 bridgehead atoms. The Morgan fingerprint density at radius 1 is 1.10 bits per heavy atom. The van der Waals surface area contributed by atoms with Gasteiger partial charge in [-0.2, -0.15) is 0 Å². The van der Waals surface area contributed by atoms with Gasteiger partial charge in [-0.05, 0) is 48.9 Å². The molecule has 0 atom stereocenters. The Morgan fingerprint density at radius 3 is 2.19 bits per heavy atom. The first-order valence-corrected chi connectivity index (χ1v) is 10.6. The summed E-state index contributed by atoms with van der Waals surface area (Å²) in [5, 5.41) is 6.85. The number of nitrogens with two attached hydrogens (primary N) is 1. The second kappa shape index (κ2) is 9.64. The highest BCUT2D eigenvalue weighted by Gasteiger charge is 2.28. The quantitative estimate of drug-likeness (QED) is 0.653. The van der Waals surface area contributed by atoms with Crippen LogP contribution in [0, 0.1) is 24.7 Å². The second-order valence-electron chi connectivity index (χ2n) is 10.2. The van der Waals surface area contributed by atoms with Gasteiger partial charge in [-0.15, -0.1) is 0 Å². The summed E-state index contributed by atoms with van der Waals surface area (Å²) in [6.45, 7) is 15.0. The van der Waals surface area contributed by atoms with Crippen molar-refractivity contribution in [2.75, 3.05) is 18.4 Å². The number of hydrogen-bond acceptors (Lipinski definition) is 5. The Hall–Kier alpha value is -2.67. The van der Waals surface area contributed by atoms with Gasteiger partial charge in [-0.3, -0.25) is 9.59 Å². The van der Waals surface area contributed by atoms with E-state index in [-0.39, 0.29) is 22.6 Å². The van der Waals surface area contributed by atoms with E-state index >= 15 is 0 Å². The number of rotatable bonds is 8. The number of amides is 2. The molecule has 0 aliphatic rings. The molecular formula is C24H36N4O3. The SMILES string of the molecule is Cc1noc(C)c1C(=O)N(Cc1ccc(NC(=O)CC(C)(C)C)cc1)CC(C)(C)CN. The van der Waals surface area contributed by atoms with Crippen LogP contribution in [-0.4, -0.2) is 35.0 Å². The molecule has 7 heteroatoms. The van der Waals surface area contributed by atoms with Crippen LogP contribution in [0.25, 0.3) is 0 Å². The summed E-state index contributed by atoms with van der Waals surface area (Å²) in [4.78, 5) is 27.3. The van der Waals surface area contributed by atoms with Crippen LogP contribution in [0.3, 0.4) is 0 Å². The maximum absolute atomic E-state index is 13.3. The lowest BCUT2D eigenvalue weighted by Gasteiger charge is -2.32. The molecule has 7 nitrogen and oxygen atoms in total. The standard InChI is InChI=1S/C24H36N4O3/c1-16-21(17(2)31-27-16)22(30)28(15-24(6,7)14-25)13-18-8-10-19(11-9-18)26-20(29)12-23(3,4)5/h8-11H,12-15,25H2,1-7H3,(H,26,29). The molecule has 0 aliphatic heterocycles. The van der Waals surface area contributed by atoms with Gasteiger partial charge < -0.3 is 20.5 Å². The average Bonchev–Trinajstić information content (AvgIpc) is 2.99. The predicted molar refractivity (Wildman–Crippen MR) is 123 cm³/mol. The molecule has 1 aromatic heterocycles. The van der Waals surface area contributed by atoms with Crippen LogP contribution >= 0.6 is 0 Å². The topological polar surface area (TPSA) is 101 Å². The molecule has 0 aliphatic carbocycles. The van der Waals surface area contributed by atoms with Gasteiger partial charge in [-0.1, -0.05) is 51.9 Å². The van der Waals surface area contributed by atoms with Crippen LogP contribution in [0.1, 0.15) is 68.4 Å². The van der Waals surface area contributed by atoms with Crippen molar-refractivity contribution in [1.82, 2.24) is 10.1 Å². The van der Waals surface area contributed by atoms with Crippen LogP contribution < -0.4 is 11.1 Å². The molecule has 1 aromatic carbocycles. The summed E-state index contributed by atoms with van der Waals surface area (Å²) in [7, 11) is 0. The normalized spacial score (nSPS) is 12.0. The molecule has 1 heterocycles. The maximum atomic E-state index is 13.3. The van der Waals surface area contributed by atoms with E-state index < -0.39 is 0 Å². The highest BCUT2D eigenvalue weighted by atomic mass is 16.5. The molecule has 0 unspecified atom stereocenters. The lowest BCUT2D eigenvalue weighted by Crippen LogP contribution is -2.42. The van der Waals surface area contributed by atoms with E-state index in [9.17, 15) is 9.59 Å². The molecular weight excluding hydrogens is 392 g/mol. The molecule has 2 amide bonds. The van der Waals surface area contributed by atoms with Crippen molar-refractivity contribution in [2.24, 2.45) is 16.6 Å². The van der Waals surface area contributed by atoms with E-state index in [1.54, 1.807) is 18.7 Å². The van der Waals surface area contributed by atoms with E-state index in [2.05, 4.69) is 10.5 Å². The van der Waals surface area contributed by atoms with Crippen LogP contribution in [0.5, 0.6) is 0 Å². The molecule has 2 aromatic rings. The van der Waals surface area contributed by atoms with Crippen molar-refractivity contribution in [3.8, 4) is 0 Å². The fraction of sp³-hybridized carbons (Fsp3) is 0.542. The van der Waals surface area contributed by atoms with Crippen molar-refractivity contribution in [2.45, 2.75) is 61.4 Å². The van der Waals surface area contributed by atoms with Crippen LogP contribution in [0.15, 0.2) is 28.8 Å². The van der Waals surface area contributed by atoms with E-state index in [1.807, 2.05) is 58.9 Å². The molecule has 170 valence electrons. The third-order valence-corrected chi connectivity index (χ3v) is 5.01. The second-order valence-corrected chi connectivity index (χ2v) is 10.2. The van der Waals surface area contributed by atoms with Crippen molar-refractivity contribution in [3.05, 3.63) is 46.8 Å². The van der Waals surface area contributed by atoms with Crippen molar-refractivity contribution < 1.29 is 14.1 Å². The van der Waals surface area contributed by atoms with Crippen LogP contribution in [0.4, 0.5) is 5.69 Å². The van der Waals surface area contributed by atoms with E-state index in [0.717, 1.165) is 11.3 Å². The summed E-state index contributed by atoms with van der Waals surface area (Å²) in [5.74, 6) is 0.371. The summed E-state index contributed by atoms with van der Waals surface area (Å²) >= 11 is 0. The van der Waals surface area contributed by atoms with E-state index in [1.165, 1.54) is 0 Å². The van der Waals surface area contributed by atoms with E-state index in [4.69, 9.17) is 10.3 Å². The van der Waals surface area contributed by atoms with Gasteiger partial charge in [0.2, 0.25) is 5.91 Å². The Kier molecular flexibility index (Phi) is 7.65. The molecule has 3 N–H and O–H groups in total. The molecule has 0 saturated carbocycles. The fourth-order valence-electron chi connectivity index (χ4n) is 3.33. The molecule has 0 saturated heterocycles. The minimum atomic E-state index is -0.241. The minimum Gasteiger partial charge on any atom is -0.361 e. The first-order chi connectivity index (χ1) is 14.3. The number of nitrogens with one attached hydrogen (secondary N) is 1. The van der Waals surface area contributed by atoms with Crippen LogP contribution in [-0.2, 0) is 11.3 Å². The number of aromatic nitrogens is 1. The smallest absolute Gasteiger partial charge is 0.259 e. The first kappa shape index (κ1) is 24.6. The summed E-state index contributed by atoms with van der Waals surface area (Å²) in [6.07, 6.45) is 0.447. The number of aryl methyl sites for hydroxylation is 2. The molecule has 0 spiro atoms. The Labute approximate surface area is 185 Å². The summed E-state index contributed by atoms with van der Waals surface area (Å²) < 4.78 is 5.20. The average molecular weight is 429 g/mol. The van der Waals surface area contributed by atoms with Crippen molar-refractivity contribution in [3.63, 3.8) is 0 Å². The van der Waals surface area contributed by atoms with Crippen molar-refractivity contribution >= 4 is 17.5 Å². The molecule has 0 fully saturated rings. The number of anilines is 1. The van der Waals surface area contributed by atoms with Crippen molar-refractivity contribution in [1.29, 1.82) is 0 Å².